The molecule has 2 rings (SSSR count). The highest BCUT2D eigenvalue weighted by atomic mass is 35.5. The van der Waals surface area contributed by atoms with Crippen LogP contribution in [0.15, 0.2) is 42.5 Å². The molecule has 2 aromatic rings. The van der Waals surface area contributed by atoms with E-state index < -0.39 is 23.4 Å². The van der Waals surface area contributed by atoms with Gasteiger partial charge in [0.15, 0.2) is 0 Å². The molecule has 0 spiro atoms. The SMILES string of the molecule is C#CC(=O)N(c1ccc(OC)c(Cl)c1)C(C(=O)NC(C)(C)C)c1cccc(N)c1. The second-order valence-corrected chi connectivity index (χ2v) is 7.86. The summed E-state index contributed by atoms with van der Waals surface area (Å²) in [6, 6.07) is 10.4. The smallest absolute Gasteiger partial charge is 0.303 e. The number of hydrogen-bond acceptors (Lipinski definition) is 4. The van der Waals surface area contributed by atoms with Gasteiger partial charge in [0.2, 0.25) is 5.91 Å². The van der Waals surface area contributed by atoms with Crippen LogP contribution < -0.4 is 20.7 Å². The van der Waals surface area contributed by atoms with Crippen molar-refractivity contribution in [3.63, 3.8) is 0 Å². The summed E-state index contributed by atoms with van der Waals surface area (Å²) in [6.45, 7) is 5.54. The van der Waals surface area contributed by atoms with E-state index in [1.54, 1.807) is 36.4 Å². The van der Waals surface area contributed by atoms with Crippen LogP contribution in [0.2, 0.25) is 5.02 Å². The number of halogens is 1. The predicted octanol–water partition coefficient (Wildman–Crippen LogP) is 3.55. The summed E-state index contributed by atoms with van der Waals surface area (Å²) in [5.41, 5.74) is 6.72. The van der Waals surface area contributed by atoms with Gasteiger partial charge in [-0.25, -0.2) is 0 Å². The van der Waals surface area contributed by atoms with Gasteiger partial charge in [-0.3, -0.25) is 14.5 Å². The summed E-state index contributed by atoms with van der Waals surface area (Å²) in [6.07, 6.45) is 5.42. The Labute approximate surface area is 176 Å². The molecule has 0 heterocycles. The molecule has 1 unspecified atom stereocenters. The second kappa shape index (κ2) is 8.89. The molecule has 0 aliphatic heterocycles. The van der Waals surface area contributed by atoms with E-state index in [9.17, 15) is 9.59 Å². The standard InChI is InChI=1S/C22H24ClN3O3/c1-6-19(27)26(16-10-11-18(29-5)17(23)13-16)20(21(28)25-22(2,3)4)14-8-7-9-15(24)12-14/h1,7-13,20H,24H2,2-5H3,(H,25,28). The molecule has 0 aliphatic carbocycles. The fraction of sp³-hybridized carbons (Fsp3) is 0.273. The van der Waals surface area contributed by atoms with Gasteiger partial charge in [-0.15, -0.1) is 6.42 Å². The average Bonchev–Trinajstić information content (AvgIpc) is 2.63. The summed E-state index contributed by atoms with van der Waals surface area (Å²) in [5, 5.41) is 3.18. The van der Waals surface area contributed by atoms with E-state index >= 15 is 0 Å². The predicted molar refractivity (Wildman–Crippen MR) is 116 cm³/mol. The summed E-state index contributed by atoms with van der Waals surface area (Å²) in [5.74, 6) is 1.43. The number of nitrogens with one attached hydrogen (secondary N) is 1. The molecule has 0 saturated carbocycles. The van der Waals surface area contributed by atoms with E-state index in [2.05, 4.69) is 11.2 Å². The van der Waals surface area contributed by atoms with Crippen LogP contribution in [0.3, 0.4) is 0 Å². The second-order valence-electron chi connectivity index (χ2n) is 7.45. The van der Waals surface area contributed by atoms with Crippen molar-refractivity contribution in [2.45, 2.75) is 32.4 Å². The van der Waals surface area contributed by atoms with E-state index in [0.29, 0.717) is 22.7 Å². The number of ether oxygens (including phenoxy) is 1. The Kier molecular flexibility index (Phi) is 6.78. The number of carbonyl (C=O) groups is 2. The van der Waals surface area contributed by atoms with Crippen molar-refractivity contribution >= 4 is 34.8 Å². The summed E-state index contributed by atoms with van der Waals surface area (Å²) in [4.78, 5) is 27.2. The van der Waals surface area contributed by atoms with Crippen LogP contribution in [0.4, 0.5) is 11.4 Å². The zero-order chi connectivity index (χ0) is 21.8. The lowest BCUT2D eigenvalue weighted by molar-refractivity contribution is -0.126. The highest BCUT2D eigenvalue weighted by molar-refractivity contribution is 6.32. The first-order chi connectivity index (χ1) is 13.6. The molecule has 152 valence electrons. The number of nitrogen functional groups attached to an aromatic ring is 1. The number of amides is 2. The highest BCUT2D eigenvalue weighted by Gasteiger charge is 2.34. The molecular formula is C22H24ClN3O3. The Morgan fingerprint density at radius 2 is 1.93 bits per heavy atom. The topological polar surface area (TPSA) is 84.7 Å². The number of nitrogens with zero attached hydrogens (tertiary/aromatic N) is 1. The Hall–Kier alpha value is -3.17. The van der Waals surface area contributed by atoms with Gasteiger partial charge in [0.1, 0.15) is 11.8 Å². The number of rotatable bonds is 5. The third-order valence-electron chi connectivity index (χ3n) is 3.99. The lowest BCUT2D eigenvalue weighted by Crippen LogP contribution is -2.49. The average molecular weight is 414 g/mol. The van der Waals surface area contributed by atoms with E-state index in [4.69, 9.17) is 28.5 Å². The van der Waals surface area contributed by atoms with Crippen LogP contribution in [0, 0.1) is 12.3 Å². The number of benzene rings is 2. The monoisotopic (exact) mass is 413 g/mol. The van der Waals surface area contributed by atoms with Crippen LogP contribution in [0.5, 0.6) is 5.75 Å². The van der Waals surface area contributed by atoms with Gasteiger partial charge >= 0.3 is 5.91 Å². The molecule has 2 amide bonds. The highest BCUT2D eigenvalue weighted by Crippen LogP contribution is 2.34. The van der Waals surface area contributed by atoms with Gasteiger partial charge in [0, 0.05) is 16.9 Å². The van der Waals surface area contributed by atoms with Gasteiger partial charge in [-0.1, -0.05) is 23.7 Å². The molecule has 6 nitrogen and oxygen atoms in total. The van der Waals surface area contributed by atoms with Crippen LogP contribution in [-0.4, -0.2) is 24.5 Å². The minimum absolute atomic E-state index is 0.280. The minimum Gasteiger partial charge on any atom is -0.495 e. The normalized spacial score (nSPS) is 11.9. The number of methoxy groups -OCH3 is 1. The molecule has 0 radical (unpaired) electrons. The molecule has 0 saturated heterocycles. The van der Waals surface area contributed by atoms with Crippen molar-refractivity contribution in [1.82, 2.24) is 5.32 Å². The number of anilines is 2. The van der Waals surface area contributed by atoms with Crippen molar-refractivity contribution in [1.29, 1.82) is 0 Å². The van der Waals surface area contributed by atoms with Gasteiger partial charge in [0.25, 0.3) is 0 Å². The molecule has 0 bridgehead atoms. The van der Waals surface area contributed by atoms with Crippen molar-refractivity contribution in [3.8, 4) is 18.1 Å². The fourth-order valence-electron chi connectivity index (χ4n) is 2.84. The first kappa shape index (κ1) is 22.1. The third-order valence-corrected chi connectivity index (χ3v) is 4.28. The van der Waals surface area contributed by atoms with E-state index in [-0.39, 0.29) is 5.02 Å². The third kappa shape index (κ3) is 5.43. The summed E-state index contributed by atoms with van der Waals surface area (Å²) >= 11 is 6.25. The first-order valence-electron chi connectivity index (χ1n) is 8.88. The molecule has 2 aromatic carbocycles. The van der Waals surface area contributed by atoms with Crippen LogP contribution in [0.25, 0.3) is 0 Å². The summed E-state index contributed by atoms with van der Waals surface area (Å²) in [7, 11) is 1.48. The van der Waals surface area contributed by atoms with Gasteiger partial charge < -0.3 is 15.8 Å². The van der Waals surface area contributed by atoms with Gasteiger partial charge in [-0.2, -0.15) is 0 Å². The lowest BCUT2D eigenvalue weighted by Gasteiger charge is -2.33. The molecule has 7 heteroatoms. The zero-order valence-corrected chi connectivity index (χ0v) is 17.6. The molecule has 0 aliphatic rings. The van der Waals surface area contributed by atoms with E-state index in [1.807, 2.05) is 20.8 Å². The zero-order valence-electron chi connectivity index (χ0n) is 16.8. The number of carbonyl (C=O) groups excluding carboxylic acids is 2. The van der Waals surface area contributed by atoms with Crippen molar-refractivity contribution in [2.24, 2.45) is 0 Å². The maximum Gasteiger partial charge on any atom is 0.303 e. The Morgan fingerprint density at radius 1 is 1.24 bits per heavy atom. The lowest BCUT2D eigenvalue weighted by atomic mass is 10.00. The van der Waals surface area contributed by atoms with Gasteiger partial charge in [-0.05, 0) is 62.6 Å². The van der Waals surface area contributed by atoms with Crippen LogP contribution >= 0.6 is 11.6 Å². The molecule has 0 fully saturated rings. The van der Waals surface area contributed by atoms with Crippen molar-refractivity contribution in [3.05, 3.63) is 53.1 Å². The molecule has 29 heavy (non-hydrogen) atoms. The van der Waals surface area contributed by atoms with Gasteiger partial charge in [0.05, 0.1) is 12.1 Å². The Balaban J connectivity index is 2.67. The fourth-order valence-corrected chi connectivity index (χ4v) is 3.09. The van der Waals surface area contributed by atoms with Crippen molar-refractivity contribution in [2.75, 3.05) is 17.7 Å². The number of hydrogen-bond donors (Lipinski definition) is 2. The Morgan fingerprint density at radius 3 is 2.45 bits per heavy atom. The van der Waals surface area contributed by atoms with E-state index in [1.165, 1.54) is 18.1 Å². The first-order valence-corrected chi connectivity index (χ1v) is 9.26. The number of nitrogens with two attached hydrogens (primary N) is 1. The number of terminal acetylenes is 1. The van der Waals surface area contributed by atoms with Crippen LogP contribution in [0.1, 0.15) is 32.4 Å². The van der Waals surface area contributed by atoms with E-state index in [0.717, 1.165) is 0 Å². The maximum atomic E-state index is 13.2. The largest absolute Gasteiger partial charge is 0.495 e. The minimum atomic E-state index is -1.05. The maximum absolute atomic E-state index is 13.2. The summed E-state index contributed by atoms with van der Waals surface area (Å²) < 4.78 is 5.17. The molecular weight excluding hydrogens is 390 g/mol. The molecule has 3 N–H and O–H groups in total. The molecule has 0 aromatic heterocycles. The molecule has 1 atom stereocenters. The Bertz CT molecular complexity index is 961. The van der Waals surface area contributed by atoms with Crippen LogP contribution in [-0.2, 0) is 9.59 Å². The van der Waals surface area contributed by atoms with Crippen molar-refractivity contribution < 1.29 is 14.3 Å². The quantitative estimate of drug-likeness (QED) is 0.579.